The van der Waals surface area contributed by atoms with E-state index in [-0.39, 0.29) is 18.3 Å². The van der Waals surface area contributed by atoms with Crippen LogP contribution in [-0.4, -0.2) is 83.2 Å². The van der Waals surface area contributed by atoms with Crippen LogP contribution in [0.3, 0.4) is 0 Å². The van der Waals surface area contributed by atoms with Crippen molar-refractivity contribution in [3.05, 3.63) is 60.8 Å². The Balaban J connectivity index is 1.46. The molecule has 2 aromatic carbocycles. The highest BCUT2D eigenvalue weighted by molar-refractivity contribution is 6.74. The first kappa shape index (κ1) is 35.1. The fourth-order valence-electron chi connectivity index (χ4n) is 5.18. The number of carbonyl (C=O) groups excluding carboxylic acids is 2. The largest absolute Gasteiger partial charge is 0.456 e. The maximum atomic E-state index is 12.5. The van der Waals surface area contributed by atoms with Gasteiger partial charge in [-0.3, -0.25) is 9.59 Å². The summed E-state index contributed by atoms with van der Waals surface area (Å²) in [6.45, 7) is 15.6. The van der Waals surface area contributed by atoms with E-state index in [1.54, 1.807) is 17.8 Å². The summed E-state index contributed by atoms with van der Waals surface area (Å²) >= 11 is 0. The van der Waals surface area contributed by atoms with Crippen molar-refractivity contribution >= 4 is 20.3 Å². The summed E-state index contributed by atoms with van der Waals surface area (Å²) in [5, 5.41) is 12.9. The van der Waals surface area contributed by atoms with E-state index < -0.39 is 50.9 Å². The van der Waals surface area contributed by atoms with E-state index in [1.165, 1.54) is 13.8 Å². The number of benzene rings is 2. The number of hydrogen-bond donors (Lipinski definition) is 0. The molecule has 0 saturated carbocycles. The number of nitrogens with zero attached hydrogens (tertiary/aromatic N) is 5. The normalized spacial score (nSPS) is 21.5. The van der Waals surface area contributed by atoms with Crippen molar-refractivity contribution in [3.8, 4) is 34.1 Å². The molecule has 14 heteroatoms. The van der Waals surface area contributed by atoms with Crippen LogP contribution < -0.4 is 0 Å². The van der Waals surface area contributed by atoms with Crippen LogP contribution in [0.4, 0.5) is 0 Å². The fraction of sp³-hybridized carbons (Fsp3) is 0.471. The lowest BCUT2D eigenvalue weighted by molar-refractivity contribution is -0.291. The van der Waals surface area contributed by atoms with Gasteiger partial charge in [0.1, 0.15) is 17.8 Å². The Morgan fingerprint density at radius 1 is 0.917 bits per heavy atom. The van der Waals surface area contributed by atoms with Gasteiger partial charge in [0.2, 0.25) is 5.82 Å². The van der Waals surface area contributed by atoms with Gasteiger partial charge in [0.25, 0.3) is 5.89 Å². The Morgan fingerprint density at radius 2 is 1.56 bits per heavy atom. The summed E-state index contributed by atoms with van der Waals surface area (Å²) in [5.74, 6) is -0.245. The molecule has 13 nitrogen and oxygen atoms in total. The predicted octanol–water partition coefficient (Wildman–Crippen LogP) is 5.85. The average Bonchev–Trinajstić information content (AvgIpc) is 3.72. The minimum Gasteiger partial charge on any atom is -0.456 e. The first-order chi connectivity index (χ1) is 22.8. The van der Waals surface area contributed by atoms with Crippen molar-refractivity contribution in [3.63, 3.8) is 0 Å². The highest BCUT2D eigenvalue weighted by Crippen LogP contribution is 2.40. The molecule has 5 atom stereocenters. The van der Waals surface area contributed by atoms with E-state index in [2.05, 4.69) is 54.3 Å². The molecule has 0 radical (unpaired) electrons. The SMILES string of the molecule is CCO[C@H]1O[C@H](CO[Si](C)(C)C(C)(C)C)[C@@H](n2cc(-c3ccc(-c4nc(-c5ccccc5)no4)cc3)nn2)[C@H](OC(C)=O)[C@@H]1OC(C)=O. The lowest BCUT2D eigenvalue weighted by Crippen LogP contribution is -2.60. The Kier molecular flexibility index (Phi) is 10.6. The Bertz CT molecular complexity index is 1690. The van der Waals surface area contributed by atoms with Crippen molar-refractivity contribution in [2.24, 2.45) is 0 Å². The van der Waals surface area contributed by atoms with Crippen LogP contribution in [0.15, 0.2) is 65.3 Å². The van der Waals surface area contributed by atoms with Crippen molar-refractivity contribution in [2.75, 3.05) is 13.2 Å². The second kappa shape index (κ2) is 14.5. The Hall–Kier alpha value is -4.24. The maximum Gasteiger partial charge on any atom is 0.303 e. The number of esters is 2. The number of carbonyl (C=O) groups is 2. The minimum absolute atomic E-state index is 0.0665. The summed E-state index contributed by atoms with van der Waals surface area (Å²) in [6.07, 6.45) is -2.04. The third kappa shape index (κ3) is 7.89. The Labute approximate surface area is 281 Å². The molecule has 1 aliphatic rings. The van der Waals surface area contributed by atoms with Gasteiger partial charge in [-0.1, -0.05) is 73.6 Å². The molecule has 2 aromatic heterocycles. The summed E-state index contributed by atoms with van der Waals surface area (Å²) < 4.78 is 37.5. The lowest BCUT2D eigenvalue weighted by atomic mass is 9.95. The van der Waals surface area contributed by atoms with Gasteiger partial charge in [0.15, 0.2) is 26.8 Å². The van der Waals surface area contributed by atoms with Gasteiger partial charge in [0, 0.05) is 37.1 Å². The second-order valence-corrected chi connectivity index (χ2v) is 18.0. The van der Waals surface area contributed by atoms with Crippen LogP contribution in [0.25, 0.3) is 34.1 Å². The molecule has 0 N–H and O–H groups in total. The molecule has 1 saturated heterocycles. The standard InChI is InChI=1S/C34H43N5O8Si/c1-9-42-33-30(45-22(3)41)29(44-21(2)40)28(27(46-33)20-43-48(7,8)34(4,5)6)39-19-26(36-38-39)23-15-17-25(18-16-23)32-35-31(37-47-32)24-13-11-10-12-14-24/h10-19,27-30,33H,9,20H2,1-8H3/t27-,28-,29+,30+,33+/m1/s1. The summed E-state index contributed by atoms with van der Waals surface area (Å²) in [4.78, 5) is 29.2. The smallest absolute Gasteiger partial charge is 0.303 e. The van der Waals surface area contributed by atoms with Gasteiger partial charge in [-0.2, -0.15) is 4.98 Å². The predicted molar refractivity (Wildman–Crippen MR) is 178 cm³/mol. The van der Waals surface area contributed by atoms with Crippen LogP contribution in [0, 0.1) is 0 Å². The van der Waals surface area contributed by atoms with Crippen molar-refractivity contribution < 1.29 is 37.5 Å². The topological polar surface area (TPSA) is 150 Å². The van der Waals surface area contributed by atoms with E-state index in [0.717, 1.165) is 16.7 Å². The highest BCUT2D eigenvalue weighted by Gasteiger charge is 2.52. The molecule has 5 rings (SSSR count). The summed E-state index contributed by atoms with van der Waals surface area (Å²) in [5.41, 5.74) is 2.92. The zero-order chi connectivity index (χ0) is 34.6. The zero-order valence-corrected chi connectivity index (χ0v) is 29.6. The third-order valence-electron chi connectivity index (χ3n) is 8.67. The molecule has 4 aromatic rings. The number of hydrogen-bond acceptors (Lipinski definition) is 12. The number of ether oxygens (including phenoxy) is 4. The molecule has 3 heterocycles. The van der Waals surface area contributed by atoms with Crippen molar-refractivity contribution in [2.45, 2.75) is 90.3 Å². The van der Waals surface area contributed by atoms with E-state index in [0.29, 0.717) is 17.4 Å². The van der Waals surface area contributed by atoms with Crippen LogP contribution in [-0.2, 0) is 33.0 Å². The number of rotatable bonds is 11. The quantitative estimate of drug-likeness (QED) is 0.138. The molecular formula is C34H43N5O8Si. The van der Waals surface area contributed by atoms with Gasteiger partial charge >= 0.3 is 11.9 Å². The van der Waals surface area contributed by atoms with Gasteiger partial charge in [-0.05, 0) is 37.2 Å². The van der Waals surface area contributed by atoms with E-state index >= 15 is 0 Å². The minimum atomic E-state index is -2.23. The van der Waals surface area contributed by atoms with E-state index in [4.69, 9.17) is 27.9 Å². The molecule has 1 fully saturated rings. The van der Waals surface area contributed by atoms with Crippen molar-refractivity contribution in [1.82, 2.24) is 25.1 Å². The van der Waals surface area contributed by atoms with Gasteiger partial charge in [-0.25, -0.2) is 4.68 Å². The second-order valence-electron chi connectivity index (χ2n) is 13.2. The number of aromatic nitrogens is 5. The first-order valence-electron chi connectivity index (χ1n) is 15.9. The van der Waals surface area contributed by atoms with Crippen LogP contribution in [0.1, 0.15) is 47.6 Å². The molecular weight excluding hydrogens is 634 g/mol. The molecule has 0 bridgehead atoms. The van der Waals surface area contributed by atoms with E-state index in [9.17, 15) is 9.59 Å². The van der Waals surface area contributed by atoms with Crippen LogP contribution in [0.2, 0.25) is 18.1 Å². The fourth-order valence-corrected chi connectivity index (χ4v) is 6.20. The van der Waals surface area contributed by atoms with Gasteiger partial charge < -0.3 is 27.9 Å². The van der Waals surface area contributed by atoms with Gasteiger partial charge in [0.05, 0.1) is 12.8 Å². The zero-order valence-electron chi connectivity index (χ0n) is 28.6. The summed E-state index contributed by atoms with van der Waals surface area (Å²) in [6, 6.07) is 16.3. The first-order valence-corrected chi connectivity index (χ1v) is 18.9. The molecule has 0 aliphatic carbocycles. The molecule has 0 amide bonds. The summed E-state index contributed by atoms with van der Waals surface area (Å²) in [7, 11) is -2.23. The Morgan fingerprint density at radius 3 is 2.19 bits per heavy atom. The monoisotopic (exact) mass is 677 g/mol. The molecule has 48 heavy (non-hydrogen) atoms. The maximum absolute atomic E-state index is 12.5. The van der Waals surface area contributed by atoms with Crippen molar-refractivity contribution in [1.29, 1.82) is 0 Å². The molecule has 1 aliphatic heterocycles. The third-order valence-corrected chi connectivity index (χ3v) is 13.2. The van der Waals surface area contributed by atoms with Crippen LogP contribution >= 0.6 is 0 Å². The van der Waals surface area contributed by atoms with E-state index in [1.807, 2.05) is 54.6 Å². The lowest BCUT2D eigenvalue weighted by Gasteiger charge is -2.46. The van der Waals surface area contributed by atoms with Gasteiger partial charge in [-0.15, -0.1) is 5.10 Å². The molecule has 256 valence electrons. The average molecular weight is 678 g/mol. The van der Waals surface area contributed by atoms with Crippen LogP contribution in [0.5, 0.6) is 0 Å². The molecule has 0 unspecified atom stereocenters. The highest BCUT2D eigenvalue weighted by atomic mass is 28.4. The molecule has 0 spiro atoms.